The summed E-state index contributed by atoms with van der Waals surface area (Å²) >= 11 is 12.5. The number of halogens is 4. The number of Topliss-reactive ketones (excluding diaryl/α,β-unsaturated/α-hetero) is 2. The Hall–Kier alpha value is 0.480. The molecule has 1 aromatic carbocycles. The van der Waals surface area contributed by atoms with E-state index in [0.717, 1.165) is 0 Å². The van der Waals surface area contributed by atoms with Gasteiger partial charge in [0.2, 0.25) is 0 Å². The van der Waals surface area contributed by atoms with Crippen molar-refractivity contribution in [2.45, 2.75) is 7.47 Å². The molecule has 2 nitrogen and oxygen atoms in total. The first-order valence-electron chi connectivity index (χ1n) is 4.18. The quantitative estimate of drug-likeness (QED) is 0.479. The van der Waals surface area contributed by atoms with E-state index in [1.807, 2.05) is 0 Å². The van der Waals surface area contributed by atoms with Crippen LogP contribution >= 0.6 is 63.7 Å². The normalized spacial score (nSPS) is 10.9. The Bertz CT molecular complexity index is 359. The molecule has 86 valence electrons. The van der Waals surface area contributed by atoms with E-state index >= 15 is 0 Å². The van der Waals surface area contributed by atoms with Crippen molar-refractivity contribution in [3.63, 3.8) is 0 Å². The molecule has 0 radical (unpaired) electrons. The zero-order chi connectivity index (χ0) is 12.3. The Balaban J connectivity index is 2.92. The lowest BCUT2D eigenvalue weighted by Crippen LogP contribution is -2.10. The molecule has 0 unspecified atom stereocenters. The van der Waals surface area contributed by atoms with E-state index in [1.165, 1.54) is 0 Å². The topological polar surface area (TPSA) is 34.1 Å². The van der Waals surface area contributed by atoms with E-state index in [2.05, 4.69) is 63.7 Å². The first-order valence-corrected chi connectivity index (χ1v) is 7.84. The van der Waals surface area contributed by atoms with Crippen molar-refractivity contribution in [3.05, 3.63) is 35.4 Å². The van der Waals surface area contributed by atoms with Crippen molar-refractivity contribution >= 4 is 75.3 Å². The number of benzene rings is 1. The lowest BCUT2D eigenvalue weighted by atomic mass is 10.1. The minimum absolute atomic E-state index is 0.0757. The average Bonchev–Trinajstić information content (AvgIpc) is 2.27. The summed E-state index contributed by atoms with van der Waals surface area (Å²) in [6.45, 7) is 0. The summed E-state index contributed by atoms with van der Waals surface area (Å²) in [4.78, 5) is 23.1. The van der Waals surface area contributed by atoms with Crippen LogP contribution in [0.2, 0.25) is 0 Å². The molecule has 0 aliphatic rings. The van der Waals surface area contributed by atoms with Crippen LogP contribution in [0.1, 0.15) is 20.7 Å². The number of hydrogen-bond acceptors (Lipinski definition) is 2. The van der Waals surface area contributed by atoms with Crippen molar-refractivity contribution < 1.29 is 9.59 Å². The van der Waals surface area contributed by atoms with Crippen LogP contribution in [0.5, 0.6) is 0 Å². The van der Waals surface area contributed by atoms with Gasteiger partial charge >= 0.3 is 0 Å². The third kappa shape index (κ3) is 3.75. The molecule has 1 rings (SSSR count). The Kier molecular flexibility index (Phi) is 5.84. The molecule has 0 atom stereocenters. The highest BCUT2D eigenvalue weighted by atomic mass is 79.9. The number of alkyl halides is 4. The standard InChI is InChI=1S/C10H6Br4O2/c11-9(12)7(15)5-1-2-6(4-3-5)8(16)10(13)14/h1-4,9-10H. The van der Waals surface area contributed by atoms with Crippen LogP contribution in [-0.4, -0.2) is 19.0 Å². The van der Waals surface area contributed by atoms with Crippen LogP contribution in [-0.2, 0) is 0 Å². The van der Waals surface area contributed by atoms with Crippen molar-refractivity contribution in [3.8, 4) is 0 Å². The fourth-order valence-electron chi connectivity index (χ4n) is 1.05. The molecule has 16 heavy (non-hydrogen) atoms. The maximum atomic E-state index is 11.6. The minimum atomic E-state index is -0.401. The molecule has 6 heteroatoms. The molecule has 0 amide bonds. The van der Waals surface area contributed by atoms with Gasteiger partial charge in [-0.2, -0.15) is 0 Å². The van der Waals surface area contributed by atoms with Gasteiger partial charge < -0.3 is 0 Å². The Morgan fingerprint density at radius 2 is 1.00 bits per heavy atom. The van der Waals surface area contributed by atoms with Gasteiger partial charge in [0, 0.05) is 11.1 Å². The van der Waals surface area contributed by atoms with Gasteiger partial charge in [0.05, 0.1) is 0 Å². The fraction of sp³-hybridized carbons (Fsp3) is 0.200. The van der Waals surface area contributed by atoms with Gasteiger partial charge in [-0.25, -0.2) is 0 Å². The van der Waals surface area contributed by atoms with Gasteiger partial charge in [-0.05, 0) is 0 Å². The van der Waals surface area contributed by atoms with Crippen molar-refractivity contribution in [2.75, 3.05) is 0 Å². The van der Waals surface area contributed by atoms with Crippen LogP contribution < -0.4 is 0 Å². The molecule has 0 heterocycles. The molecule has 0 bridgehead atoms. The van der Waals surface area contributed by atoms with Crippen molar-refractivity contribution in [1.82, 2.24) is 0 Å². The highest BCUT2D eigenvalue weighted by Gasteiger charge is 2.16. The van der Waals surface area contributed by atoms with Crippen LogP contribution in [0.15, 0.2) is 24.3 Å². The van der Waals surface area contributed by atoms with Gasteiger partial charge in [0.25, 0.3) is 0 Å². The zero-order valence-corrected chi connectivity index (χ0v) is 14.1. The minimum Gasteiger partial charge on any atom is -0.292 e. The molecule has 0 aromatic heterocycles. The van der Waals surface area contributed by atoms with Crippen LogP contribution in [0, 0.1) is 0 Å². The summed E-state index contributed by atoms with van der Waals surface area (Å²) in [6, 6.07) is 6.53. The average molecular weight is 478 g/mol. The number of carbonyl (C=O) groups excluding carboxylic acids is 2. The molecular weight excluding hydrogens is 472 g/mol. The summed E-state index contributed by atoms with van der Waals surface area (Å²) in [7, 11) is 0. The Morgan fingerprint density at radius 3 is 1.19 bits per heavy atom. The molecule has 0 aliphatic heterocycles. The van der Waals surface area contributed by atoms with E-state index in [0.29, 0.717) is 11.1 Å². The third-order valence-electron chi connectivity index (χ3n) is 1.85. The van der Waals surface area contributed by atoms with E-state index in [-0.39, 0.29) is 11.6 Å². The van der Waals surface area contributed by atoms with E-state index in [1.54, 1.807) is 24.3 Å². The summed E-state index contributed by atoms with van der Waals surface area (Å²) < 4.78 is -0.802. The summed E-state index contributed by atoms with van der Waals surface area (Å²) in [5.74, 6) is -0.151. The molecule has 0 saturated heterocycles. The van der Waals surface area contributed by atoms with Crippen LogP contribution in [0.3, 0.4) is 0 Å². The first-order chi connectivity index (χ1) is 7.43. The highest BCUT2D eigenvalue weighted by molar-refractivity contribution is 9.25. The Morgan fingerprint density at radius 1 is 0.750 bits per heavy atom. The fourth-order valence-corrected chi connectivity index (χ4v) is 2.11. The smallest absolute Gasteiger partial charge is 0.187 e. The van der Waals surface area contributed by atoms with Crippen molar-refractivity contribution in [1.29, 1.82) is 0 Å². The van der Waals surface area contributed by atoms with Gasteiger partial charge in [-0.3, -0.25) is 9.59 Å². The van der Waals surface area contributed by atoms with Crippen molar-refractivity contribution in [2.24, 2.45) is 0 Å². The lowest BCUT2D eigenvalue weighted by molar-refractivity contribution is 0.100. The second-order valence-electron chi connectivity index (χ2n) is 2.91. The molecule has 1 aromatic rings. The monoisotopic (exact) mass is 474 g/mol. The van der Waals surface area contributed by atoms with Crippen LogP contribution in [0.25, 0.3) is 0 Å². The Labute approximate surface area is 127 Å². The second-order valence-corrected chi connectivity index (χ2v) is 9.03. The molecule has 0 aliphatic carbocycles. The molecule has 0 N–H and O–H groups in total. The number of hydrogen-bond donors (Lipinski definition) is 0. The third-order valence-corrected chi connectivity index (χ3v) is 3.51. The lowest BCUT2D eigenvalue weighted by Gasteiger charge is -2.04. The highest BCUT2D eigenvalue weighted by Crippen LogP contribution is 2.19. The SMILES string of the molecule is O=C(c1ccc(C(=O)C(Br)Br)cc1)C(Br)Br. The van der Waals surface area contributed by atoms with Crippen LogP contribution in [0.4, 0.5) is 0 Å². The molecule has 0 fully saturated rings. The van der Waals surface area contributed by atoms with Gasteiger partial charge in [-0.1, -0.05) is 88.0 Å². The van der Waals surface area contributed by atoms with Gasteiger partial charge in [0.15, 0.2) is 11.6 Å². The van der Waals surface area contributed by atoms with Gasteiger partial charge in [-0.15, -0.1) is 0 Å². The maximum Gasteiger partial charge on any atom is 0.187 e. The first kappa shape index (κ1) is 14.5. The molecule has 0 spiro atoms. The van der Waals surface area contributed by atoms with E-state index < -0.39 is 7.47 Å². The molecular formula is C10H6Br4O2. The van der Waals surface area contributed by atoms with E-state index in [4.69, 9.17) is 0 Å². The van der Waals surface area contributed by atoms with E-state index in [9.17, 15) is 9.59 Å². The predicted molar refractivity (Wildman–Crippen MR) is 78.4 cm³/mol. The largest absolute Gasteiger partial charge is 0.292 e. The van der Waals surface area contributed by atoms with Gasteiger partial charge in [0.1, 0.15) is 7.47 Å². The zero-order valence-electron chi connectivity index (χ0n) is 7.79. The number of rotatable bonds is 4. The predicted octanol–water partition coefficient (Wildman–Crippen LogP) is 4.28. The second kappa shape index (κ2) is 6.42. The maximum absolute atomic E-state index is 11.6. The number of carbonyl (C=O) groups is 2. The summed E-state index contributed by atoms with van der Waals surface area (Å²) in [5.41, 5.74) is 1.10. The summed E-state index contributed by atoms with van der Waals surface area (Å²) in [6.07, 6.45) is 0. The molecule has 0 saturated carbocycles. The number of ketones is 2. The summed E-state index contributed by atoms with van der Waals surface area (Å²) in [5, 5.41) is 0.